The molecule has 0 radical (unpaired) electrons. The Morgan fingerprint density at radius 3 is 2.70 bits per heavy atom. The van der Waals surface area contributed by atoms with Crippen LogP contribution < -0.4 is 0 Å². The third-order valence-electron chi connectivity index (χ3n) is 1.28. The van der Waals surface area contributed by atoms with Gasteiger partial charge in [0.05, 0.1) is 12.2 Å². The molecular weight excluding hydrogens is 130 g/mol. The minimum absolute atomic E-state index is 0.172. The zero-order valence-corrected chi connectivity index (χ0v) is 6.26. The molecule has 0 aromatic rings. The zero-order valence-electron chi connectivity index (χ0n) is 6.26. The van der Waals surface area contributed by atoms with E-state index in [1.54, 1.807) is 6.20 Å². The minimum Gasteiger partial charge on any atom is -0.462 e. The maximum Gasteiger partial charge on any atom is 0.335 e. The molecule has 0 unspecified atom stereocenters. The minimum atomic E-state index is -0.172. The topological polar surface area (TPSA) is 29.5 Å². The summed E-state index contributed by atoms with van der Waals surface area (Å²) in [7, 11) is 3.78. The lowest BCUT2D eigenvalue weighted by Gasteiger charge is -2.03. The quantitative estimate of drug-likeness (QED) is 0.390. The van der Waals surface area contributed by atoms with Crippen LogP contribution in [0.5, 0.6) is 0 Å². The molecule has 10 heavy (non-hydrogen) atoms. The van der Waals surface area contributed by atoms with Crippen molar-refractivity contribution in [2.24, 2.45) is 0 Å². The highest BCUT2D eigenvalue weighted by molar-refractivity contribution is 5.90. The van der Waals surface area contributed by atoms with Gasteiger partial charge in [0.2, 0.25) is 0 Å². The lowest BCUT2D eigenvalue weighted by Crippen LogP contribution is -2.05. The Hall–Kier alpha value is -0.990. The van der Waals surface area contributed by atoms with Gasteiger partial charge in [0.1, 0.15) is 0 Å². The van der Waals surface area contributed by atoms with Crippen LogP contribution in [0.2, 0.25) is 0 Å². The largest absolute Gasteiger partial charge is 0.462 e. The molecule has 0 atom stereocenters. The molecule has 0 spiro atoms. The van der Waals surface area contributed by atoms with E-state index >= 15 is 0 Å². The van der Waals surface area contributed by atoms with Gasteiger partial charge in [-0.05, 0) is 0 Å². The van der Waals surface area contributed by atoms with Gasteiger partial charge in [-0.2, -0.15) is 0 Å². The molecule has 0 amide bonds. The molecule has 1 fully saturated rings. The van der Waals surface area contributed by atoms with Crippen LogP contribution in [-0.4, -0.2) is 31.6 Å². The number of hydrogen-bond donors (Lipinski definition) is 0. The number of hydrogen-bond acceptors (Lipinski definition) is 3. The number of esters is 1. The molecule has 1 aliphatic rings. The summed E-state index contributed by atoms with van der Waals surface area (Å²) in [4.78, 5) is 12.6. The summed E-state index contributed by atoms with van der Waals surface area (Å²) in [6.07, 6.45) is 2.55. The summed E-state index contributed by atoms with van der Waals surface area (Å²) >= 11 is 0. The first-order chi connectivity index (χ1) is 4.70. The molecule has 56 valence electrons. The average Bonchev–Trinajstić information content (AvgIpc) is 2.15. The highest BCUT2D eigenvalue weighted by Crippen LogP contribution is 2.12. The molecule has 0 aliphatic carbocycles. The molecule has 1 saturated heterocycles. The predicted molar refractivity (Wildman–Crippen MR) is 37.3 cm³/mol. The smallest absolute Gasteiger partial charge is 0.335 e. The maximum atomic E-state index is 10.8. The van der Waals surface area contributed by atoms with E-state index in [-0.39, 0.29) is 5.97 Å². The zero-order chi connectivity index (χ0) is 7.56. The average molecular weight is 141 g/mol. The highest BCUT2D eigenvalue weighted by Gasteiger charge is 2.18. The lowest BCUT2D eigenvalue weighted by molar-refractivity contribution is -0.135. The molecule has 0 saturated carbocycles. The summed E-state index contributed by atoms with van der Waals surface area (Å²) in [6.45, 7) is 0.540. The number of ether oxygens (including phenoxy) is 1. The summed E-state index contributed by atoms with van der Waals surface area (Å²) < 4.78 is 4.73. The van der Waals surface area contributed by atoms with E-state index in [0.29, 0.717) is 6.61 Å². The Morgan fingerprint density at radius 1 is 1.60 bits per heavy atom. The monoisotopic (exact) mass is 141 g/mol. The van der Waals surface area contributed by atoms with Crippen molar-refractivity contribution < 1.29 is 9.53 Å². The summed E-state index contributed by atoms with van der Waals surface area (Å²) in [5.41, 5.74) is 0.769. The number of nitrogens with zero attached hydrogens (tertiary/aromatic N) is 1. The summed E-state index contributed by atoms with van der Waals surface area (Å²) in [6, 6.07) is 0. The molecule has 1 heterocycles. The van der Waals surface area contributed by atoms with Crippen molar-refractivity contribution in [3.8, 4) is 0 Å². The van der Waals surface area contributed by atoms with Crippen molar-refractivity contribution in [3.63, 3.8) is 0 Å². The fraction of sp³-hybridized carbons (Fsp3) is 0.571. The van der Waals surface area contributed by atoms with Gasteiger partial charge in [0.15, 0.2) is 0 Å². The Balaban J connectivity index is 2.62. The Labute approximate surface area is 60.3 Å². The van der Waals surface area contributed by atoms with Crippen LogP contribution in [0.4, 0.5) is 0 Å². The van der Waals surface area contributed by atoms with Crippen LogP contribution >= 0.6 is 0 Å². The van der Waals surface area contributed by atoms with Gasteiger partial charge in [-0.3, -0.25) is 0 Å². The standard InChI is InChI=1S/C7H11NO2/c1-8(2)5-6-3-4-10-7(6)9/h5H,3-4H2,1-2H3/b6-5+. The van der Waals surface area contributed by atoms with E-state index in [2.05, 4.69) is 0 Å². The molecule has 1 aliphatic heterocycles. The van der Waals surface area contributed by atoms with E-state index in [9.17, 15) is 4.79 Å². The lowest BCUT2D eigenvalue weighted by atomic mass is 10.2. The van der Waals surface area contributed by atoms with E-state index in [1.807, 2.05) is 19.0 Å². The van der Waals surface area contributed by atoms with E-state index in [1.165, 1.54) is 0 Å². The van der Waals surface area contributed by atoms with Crippen LogP contribution in [0.3, 0.4) is 0 Å². The third kappa shape index (κ3) is 1.50. The first kappa shape index (κ1) is 7.12. The van der Waals surface area contributed by atoms with Gasteiger partial charge < -0.3 is 9.64 Å². The fourth-order valence-electron chi connectivity index (χ4n) is 0.877. The van der Waals surface area contributed by atoms with Gasteiger partial charge in [-0.25, -0.2) is 4.79 Å². The van der Waals surface area contributed by atoms with E-state index < -0.39 is 0 Å². The van der Waals surface area contributed by atoms with Crippen LogP contribution in [0.1, 0.15) is 6.42 Å². The van der Waals surface area contributed by atoms with Crippen molar-refractivity contribution in [2.75, 3.05) is 20.7 Å². The van der Waals surface area contributed by atoms with E-state index in [4.69, 9.17) is 4.74 Å². The molecule has 1 rings (SSSR count). The van der Waals surface area contributed by atoms with Crippen molar-refractivity contribution in [1.29, 1.82) is 0 Å². The van der Waals surface area contributed by atoms with Gasteiger partial charge in [0.25, 0.3) is 0 Å². The number of rotatable bonds is 1. The molecule has 3 heteroatoms. The van der Waals surface area contributed by atoms with E-state index in [0.717, 1.165) is 12.0 Å². The van der Waals surface area contributed by atoms with Gasteiger partial charge in [0, 0.05) is 26.7 Å². The first-order valence-electron chi connectivity index (χ1n) is 3.24. The Morgan fingerprint density at radius 2 is 2.30 bits per heavy atom. The second-order valence-corrected chi connectivity index (χ2v) is 2.50. The predicted octanol–water partition coefficient (Wildman–Crippen LogP) is 0.379. The van der Waals surface area contributed by atoms with Gasteiger partial charge in [-0.1, -0.05) is 0 Å². The van der Waals surface area contributed by atoms with Gasteiger partial charge >= 0.3 is 5.97 Å². The molecule has 0 aromatic carbocycles. The summed E-state index contributed by atoms with van der Waals surface area (Å²) in [5.74, 6) is -0.172. The van der Waals surface area contributed by atoms with Crippen molar-refractivity contribution in [1.82, 2.24) is 4.90 Å². The molecule has 3 nitrogen and oxygen atoms in total. The Bertz CT molecular complexity index is 172. The second-order valence-electron chi connectivity index (χ2n) is 2.50. The third-order valence-corrected chi connectivity index (χ3v) is 1.28. The fourth-order valence-corrected chi connectivity index (χ4v) is 0.877. The first-order valence-corrected chi connectivity index (χ1v) is 3.24. The molecule has 0 aromatic heterocycles. The SMILES string of the molecule is CN(C)/C=C1\CCOC1=O. The highest BCUT2D eigenvalue weighted by atomic mass is 16.5. The van der Waals surface area contributed by atoms with Crippen LogP contribution in [0, 0.1) is 0 Å². The van der Waals surface area contributed by atoms with Crippen LogP contribution in [0.15, 0.2) is 11.8 Å². The van der Waals surface area contributed by atoms with Crippen molar-refractivity contribution in [3.05, 3.63) is 11.8 Å². The Kier molecular flexibility index (Phi) is 1.94. The second kappa shape index (κ2) is 2.73. The van der Waals surface area contributed by atoms with Crippen molar-refractivity contribution >= 4 is 5.97 Å². The summed E-state index contributed by atoms with van der Waals surface area (Å²) in [5, 5.41) is 0. The van der Waals surface area contributed by atoms with Crippen molar-refractivity contribution in [2.45, 2.75) is 6.42 Å². The molecule has 0 N–H and O–H groups in total. The van der Waals surface area contributed by atoms with Crippen LogP contribution in [0.25, 0.3) is 0 Å². The van der Waals surface area contributed by atoms with Crippen LogP contribution in [-0.2, 0) is 9.53 Å². The maximum absolute atomic E-state index is 10.8. The normalized spacial score (nSPS) is 21.4. The molecule has 0 bridgehead atoms. The molecular formula is C7H11NO2. The number of carbonyl (C=O) groups excluding carboxylic acids is 1. The van der Waals surface area contributed by atoms with Gasteiger partial charge in [-0.15, -0.1) is 0 Å². The number of carbonyl (C=O) groups is 1. The number of cyclic esters (lactones) is 1.